The zero-order valence-electron chi connectivity index (χ0n) is 16.7. The summed E-state index contributed by atoms with van der Waals surface area (Å²) < 4.78 is 16.4. The molecule has 1 amide bonds. The van der Waals surface area contributed by atoms with Crippen LogP contribution in [-0.2, 0) is 6.54 Å². The third kappa shape index (κ3) is 5.06. The molecule has 1 aliphatic rings. The molecule has 2 aromatic rings. The molecule has 0 aliphatic carbocycles. The number of amides is 1. The van der Waals surface area contributed by atoms with Gasteiger partial charge in [-0.05, 0) is 55.8 Å². The summed E-state index contributed by atoms with van der Waals surface area (Å²) in [6.07, 6.45) is 0. The maximum atomic E-state index is 13.1. The molecule has 1 heterocycles. The van der Waals surface area contributed by atoms with Crippen LogP contribution in [0, 0.1) is 5.82 Å². The molecule has 3 rings (SSSR count). The molecule has 2 aromatic carbocycles. The first-order valence-corrected chi connectivity index (χ1v) is 10.7. The van der Waals surface area contributed by atoms with Crippen LogP contribution in [0.3, 0.4) is 0 Å². The Morgan fingerprint density at radius 3 is 2.25 bits per heavy atom. The molecule has 0 saturated carbocycles. The predicted molar refractivity (Wildman–Crippen MR) is 115 cm³/mol. The molecule has 1 saturated heterocycles. The van der Waals surface area contributed by atoms with Crippen LogP contribution in [0.1, 0.15) is 36.7 Å². The van der Waals surface area contributed by atoms with Gasteiger partial charge < -0.3 is 9.62 Å². The second-order valence-corrected chi connectivity index (χ2v) is 8.41. The fraction of sp³-hybridized carbons (Fsp3) is 0.409. The zero-order valence-corrected chi connectivity index (χ0v) is 17.5. The van der Waals surface area contributed by atoms with E-state index in [1.807, 2.05) is 41.3 Å². The number of nitrogens with one attached hydrogen (secondary N) is 1. The van der Waals surface area contributed by atoms with E-state index in [1.165, 1.54) is 12.1 Å². The first kappa shape index (κ1) is 20.7. The van der Waals surface area contributed by atoms with E-state index in [1.54, 1.807) is 11.9 Å². The Bertz CT molecular complexity index is 769. The van der Waals surface area contributed by atoms with Gasteiger partial charge in [0.25, 0.3) is 5.91 Å². The van der Waals surface area contributed by atoms with Crippen molar-refractivity contribution in [1.82, 2.24) is 9.80 Å². The van der Waals surface area contributed by atoms with Gasteiger partial charge in [0, 0.05) is 48.7 Å². The lowest BCUT2D eigenvalue weighted by Gasteiger charge is -2.44. The second kappa shape index (κ2) is 9.43. The molecule has 1 N–H and O–H groups in total. The number of piperazine rings is 1. The maximum Gasteiger partial charge on any atom is 0.254 e. The van der Waals surface area contributed by atoms with E-state index in [4.69, 9.17) is 0 Å². The molecule has 1 fully saturated rings. The van der Waals surface area contributed by atoms with E-state index in [0.717, 1.165) is 42.2 Å². The zero-order chi connectivity index (χ0) is 20.1. The van der Waals surface area contributed by atoms with Gasteiger partial charge in [0.05, 0.1) is 0 Å². The molecule has 2 unspecified atom stereocenters. The Labute approximate surface area is 171 Å². The van der Waals surface area contributed by atoms with Gasteiger partial charge in [-0.15, -0.1) is 0 Å². The Kier molecular flexibility index (Phi) is 6.97. The molecule has 0 spiro atoms. The summed E-state index contributed by atoms with van der Waals surface area (Å²) in [5.41, 5.74) is 2.82. The van der Waals surface area contributed by atoms with Crippen molar-refractivity contribution < 1.29 is 9.18 Å². The lowest BCUT2D eigenvalue weighted by Crippen LogP contribution is -2.58. The highest BCUT2D eigenvalue weighted by molar-refractivity contribution is 8.00. The number of halogens is 1. The molecule has 6 heteroatoms. The largest absolute Gasteiger partial charge is 0.331 e. The minimum absolute atomic E-state index is 0.0797. The van der Waals surface area contributed by atoms with E-state index in [-0.39, 0.29) is 23.8 Å². The highest BCUT2D eigenvalue weighted by Gasteiger charge is 2.33. The Balaban J connectivity index is 1.63. The van der Waals surface area contributed by atoms with Crippen LogP contribution in [0.25, 0.3) is 0 Å². The van der Waals surface area contributed by atoms with Crippen molar-refractivity contribution in [2.24, 2.45) is 0 Å². The van der Waals surface area contributed by atoms with Crippen LogP contribution in [0.15, 0.2) is 48.5 Å². The smallest absolute Gasteiger partial charge is 0.254 e. The molecule has 28 heavy (non-hydrogen) atoms. The van der Waals surface area contributed by atoms with Gasteiger partial charge in [0.15, 0.2) is 0 Å². The number of rotatable bonds is 6. The van der Waals surface area contributed by atoms with Crippen molar-refractivity contribution >= 4 is 23.5 Å². The molecular weight excluding hydrogens is 373 g/mol. The third-order valence-electron chi connectivity index (χ3n) is 5.01. The topological polar surface area (TPSA) is 35.6 Å². The van der Waals surface area contributed by atoms with E-state index < -0.39 is 0 Å². The summed E-state index contributed by atoms with van der Waals surface area (Å²) in [7, 11) is 0. The van der Waals surface area contributed by atoms with Crippen molar-refractivity contribution in [2.45, 2.75) is 39.4 Å². The monoisotopic (exact) mass is 401 g/mol. The van der Waals surface area contributed by atoms with E-state index in [9.17, 15) is 9.18 Å². The summed E-state index contributed by atoms with van der Waals surface area (Å²) >= 11 is 1.63. The fourth-order valence-electron chi connectivity index (χ4n) is 3.80. The third-order valence-corrected chi connectivity index (χ3v) is 5.68. The first-order valence-electron chi connectivity index (χ1n) is 9.75. The molecule has 150 valence electrons. The Morgan fingerprint density at radius 2 is 1.68 bits per heavy atom. The van der Waals surface area contributed by atoms with Gasteiger partial charge in [-0.2, -0.15) is 0 Å². The SMILES string of the molecule is CCSNc1ccc(C(=O)N2C(C)CN(Cc3ccc(F)cc3)CC2C)cc1. The fourth-order valence-corrected chi connectivity index (χ4v) is 4.24. The molecule has 0 bridgehead atoms. The highest BCUT2D eigenvalue weighted by atomic mass is 32.2. The highest BCUT2D eigenvalue weighted by Crippen LogP contribution is 2.22. The summed E-state index contributed by atoms with van der Waals surface area (Å²) in [6, 6.07) is 14.6. The Morgan fingerprint density at radius 1 is 1.07 bits per heavy atom. The summed E-state index contributed by atoms with van der Waals surface area (Å²) in [5.74, 6) is 0.851. The predicted octanol–water partition coefficient (Wildman–Crippen LogP) is 4.64. The Hall–Kier alpha value is -2.05. The minimum atomic E-state index is -0.213. The average molecular weight is 402 g/mol. The lowest BCUT2D eigenvalue weighted by molar-refractivity contribution is 0.0268. The van der Waals surface area contributed by atoms with Gasteiger partial charge in [0.1, 0.15) is 5.82 Å². The quantitative estimate of drug-likeness (QED) is 0.715. The normalized spacial score (nSPS) is 20.2. The summed E-state index contributed by atoms with van der Waals surface area (Å²) in [5, 5.41) is 0. The van der Waals surface area contributed by atoms with Crippen molar-refractivity contribution in [3.63, 3.8) is 0 Å². The van der Waals surface area contributed by atoms with Gasteiger partial charge in [-0.25, -0.2) is 4.39 Å². The van der Waals surface area contributed by atoms with Crippen LogP contribution < -0.4 is 4.72 Å². The minimum Gasteiger partial charge on any atom is -0.331 e. The average Bonchev–Trinajstić information content (AvgIpc) is 2.68. The lowest BCUT2D eigenvalue weighted by atomic mass is 10.0. The molecule has 1 aliphatic heterocycles. The van der Waals surface area contributed by atoms with Gasteiger partial charge in [0.2, 0.25) is 0 Å². The molecule has 4 nitrogen and oxygen atoms in total. The van der Waals surface area contributed by atoms with Crippen LogP contribution in [-0.4, -0.2) is 46.6 Å². The van der Waals surface area contributed by atoms with Crippen molar-refractivity contribution in [2.75, 3.05) is 23.6 Å². The number of hydrogen-bond donors (Lipinski definition) is 1. The number of hydrogen-bond acceptors (Lipinski definition) is 4. The van der Waals surface area contributed by atoms with Crippen LogP contribution in [0.4, 0.5) is 10.1 Å². The first-order chi connectivity index (χ1) is 13.5. The van der Waals surface area contributed by atoms with Crippen LogP contribution in [0.2, 0.25) is 0 Å². The molecule has 0 aromatic heterocycles. The van der Waals surface area contributed by atoms with Gasteiger partial charge in [-0.3, -0.25) is 9.69 Å². The van der Waals surface area contributed by atoms with Crippen molar-refractivity contribution in [1.29, 1.82) is 0 Å². The molecule has 2 atom stereocenters. The van der Waals surface area contributed by atoms with Gasteiger partial charge in [-0.1, -0.05) is 31.0 Å². The van der Waals surface area contributed by atoms with Gasteiger partial charge >= 0.3 is 0 Å². The second-order valence-electron chi connectivity index (χ2n) is 7.34. The number of nitrogens with zero attached hydrogens (tertiary/aromatic N) is 2. The molecular formula is C22H28FN3OS. The molecule has 0 radical (unpaired) electrons. The number of carbonyl (C=O) groups is 1. The maximum absolute atomic E-state index is 13.1. The number of benzene rings is 2. The van der Waals surface area contributed by atoms with Crippen molar-refractivity contribution in [3.05, 3.63) is 65.5 Å². The number of anilines is 1. The summed E-state index contributed by atoms with van der Waals surface area (Å²) in [4.78, 5) is 17.4. The van der Waals surface area contributed by atoms with E-state index in [2.05, 4.69) is 30.4 Å². The number of carbonyl (C=O) groups excluding carboxylic acids is 1. The van der Waals surface area contributed by atoms with Crippen LogP contribution >= 0.6 is 11.9 Å². The van der Waals surface area contributed by atoms with Crippen LogP contribution in [0.5, 0.6) is 0 Å². The summed E-state index contributed by atoms with van der Waals surface area (Å²) in [6.45, 7) is 8.67. The van der Waals surface area contributed by atoms with E-state index >= 15 is 0 Å². The standard InChI is InChI=1S/C22H28FN3OS/c1-4-28-24-21-11-7-19(8-12-21)22(27)26-16(2)13-25(14-17(26)3)15-18-5-9-20(23)10-6-18/h5-12,16-17,24H,4,13-15H2,1-3H3. The van der Waals surface area contributed by atoms with Crippen molar-refractivity contribution in [3.8, 4) is 0 Å². The van der Waals surface area contributed by atoms with E-state index in [0.29, 0.717) is 0 Å².